The molecular weight excluding hydrogens is 252 g/mol. The maximum absolute atomic E-state index is 12.0. The van der Waals surface area contributed by atoms with Gasteiger partial charge in [0, 0.05) is 13.2 Å². The minimum atomic E-state index is -1.03. The molecule has 0 bridgehead atoms. The van der Waals surface area contributed by atoms with E-state index in [9.17, 15) is 9.59 Å². The van der Waals surface area contributed by atoms with Crippen molar-refractivity contribution >= 4 is 28.9 Å². The van der Waals surface area contributed by atoms with Crippen LogP contribution in [0.4, 0.5) is 5.69 Å². The molecule has 0 spiro atoms. The highest BCUT2D eigenvalue weighted by Crippen LogP contribution is 2.28. The van der Waals surface area contributed by atoms with Gasteiger partial charge in [0.25, 0.3) is 5.91 Å². The SMILES string of the molecule is Cc1csc(C(=O)O)c1NC(=O)c1cccn1C. The molecule has 18 heavy (non-hydrogen) atoms. The maximum Gasteiger partial charge on any atom is 0.348 e. The van der Waals surface area contributed by atoms with E-state index in [1.165, 1.54) is 0 Å². The molecule has 0 aliphatic carbocycles. The van der Waals surface area contributed by atoms with Crippen LogP contribution in [0.3, 0.4) is 0 Å². The van der Waals surface area contributed by atoms with Gasteiger partial charge in [-0.25, -0.2) is 4.79 Å². The first-order valence-corrected chi connectivity index (χ1v) is 6.12. The Bertz CT molecular complexity index is 613. The van der Waals surface area contributed by atoms with Gasteiger partial charge in [0.05, 0.1) is 5.69 Å². The lowest BCUT2D eigenvalue weighted by molar-refractivity contribution is 0.0703. The topological polar surface area (TPSA) is 71.3 Å². The summed E-state index contributed by atoms with van der Waals surface area (Å²) in [5.74, 6) is -1.35. The number of anilines is 1. The number of nitrogens with zero attached hydrogens (tertiary/aromatic N) is 1. The van der Waals surface area contributed by atoms with Crippen molar-refractivity contribution in [2.75, 3.05) is 5.32 Å². The molecule has 1 amide bonds. The molecule has 2 N–H and O–H groups in total. The molecule has 2 rings (SSSR count). The summed E-state index contributed by atoms with van der Waals surface area (Å²) in [6.45, 7) is 1.77. The Kier molecular flexibility index (Phi) is 3.20. The first kappa shape index (κ1) is 12.4. The van der Waals surface area contributed by atoms with E-state index >= 15 is 0 Å². The van der Waals surface area contributed by atoms with Gasteiger partial charge in [0.15, 0.2) is 0 Å². The fourth-order valence-corrected chi connectivity index (χ4v) is 2.47. The second kappa shape index (κ2) is 4.66. The molecule has 0 radical (unpaired) electrons. The van der Waals surface area contributed by atoms with Crippen LogP contribution in [0.5, 0.6) is 0 Å². The Balaban J connectivity index is 2.30. The van der Waals surface area contributed by atoms with Crippen LogP contribution in [0.1, 0.15) is 25.7 Å². The van der Waals surface area contributed by atoms with E-state index in [0.29, 0.717) is 11.4 Å². The van der Waals surface area contributed by atoms with Crippen LogP contribution in [0, 0.1) is 6.92 Å². The van der Waals surface area contributed by atoms with Gasteiger partial charge in [-0.3, -0.25) is 4.79 Å². The van der Waals surface area contributed by atoms with Crippen molar-refractivity contribution in [2.24, 2.45) is 7.05 Å². The van der Waals surface area contributed by atoms with Crippen molar-refractivity contribution in [1.29, 1.82) is 0 Å². The van der Waals surface area contributed by atoms with Gasteiger partial charge in [-0.15, -0.1) is 11.3 Å². The molecule has 0 atom stereocenters. The van der Waals surface area contributed by atoms with Crippen LogP contribution in [-0.2, 0) is 7.05 Å². The minimum Gasteiger partial charge on any atom is -0.477 e. The van der Waals surface area contributed by atoms with Crippen LogP contribution in [0.2, 0.25) is 0 Å². The summed E-state index contributed by atoms with van der Waals surface area (Å²) in [6, 6.07) is 3.44. The van der Waals surface area contributed by atoms with Gasteiger partial charge in [0.2, 0.25) is 0 Å². The van der Waals surface area contributed by atoms with Gasteiger partial charge in [-0.05, 0) is 30.0 Å². The third kappa shape index (κ3) is 2.14. The van der Waals surface area contributed by atoms with Crippen molar-refractivity contribution in [2.45, 2.75) is 6.92 Å². The zero-order valence-corrected chi connectivity index (χ0v) is 10.7. The number of aryl methyl sites for hydroxylation is 2. The van der Waals surface area contributed by atoms with E-state index in [-0.39, 0.29) is 10.8 Å². The van der Waals surface area contributed by atoms with E-state index in [1.54, 1.807) is 42.2 Å². The van der Waals surface area contributed by atoms with Crippen molar-refractivity contribution in [3.05, 3.63) is 39.8 Å². The summed E-state index contributed by atoms with van der Waals surface area (Å²) in [7, 11) is 1.76. The number of amides is 1. The molecule has 0 saturated carbocycles. The normalized spacial score (nSPS) is 10.3. The van der Waals surface area contributed by atoms with E-state index in [4.69, 9.17) is 5.11 Å². The summed E-state index contributed by atoms with van der Waals surface area (Å²) >= 11 is 1.11. The summed E-state index contributed by atoms with van der Waals surface area (Å²) < 4.78 is 1.68. The van der Waals surface area contributed by atoms with Crippen molar-refractivity contribution < 1.29 is 14.7 Å². The third-order valence-electron chi connectivity index (χ3n) is 2.58. The zero-order chi connectivity index (χ0) is 13.3. The molecule has 5 nitrogen and oxygen atoms in total. The van der Waals surface area contributed by atoms with Crippen LogP contribution in [0.25, 0.3) is 0 Å². The lowest BCUT2D eigenvalue weighted by atomic mass is 10.2. The highest BCUT2D eigenvalue weighted by Gasteiger charge is 2.18. The Labute approximate surface area is 108 Å². The molecule has 0 aliphatic heterocycles. The van der Waals surface area contributed by atoms with Gasteiger partial charge in [-0.2, -0.15) is 0 Å². The van der Waals surface area contributed by atoms with E-state index in [0.717, 1.165) is 16.9 Å². The molecule has 0 unspecified atom stereocenters. The Hall–Kier alpha value is -2.08. The molecule has 0 fully saturated rings. The van der Waals surface area contributed by atoms with Crippen molar-refractivity contribution in [3.8, 4) is 0 Å². The maximum atomic E-state index is 12.0. The molecule has 0 aromatic carbocycles. The van der Waals surface area contributed by atoms with Crippen molar-refractivity contribution in [1.82, 2.24) is 4.57 Å². The summed E-state index contributed by atoms with van der Waals surface area (Å²) in [4.78, 5) is 23.2. The molecule has 2 aromatic heterocycles. The monoisotopic (exact) mass is 264 g/mol. The summed E-state index contributed by atoms with van der Waals surface area (Å²) in [5.41, 5.74) is 1.61. The Morgan fingerprint density at radius 3 is 2.72 bits per heavy atom. The van der Waals surface area contributed by atoms with Gasteiger partial charge >= 0.3 is 5.97 Å². The highest BCUT2D eigenvalue weighted by atomic mass is 32.1. The number of rotatable bonds is 3. The smallest absolute Gasteiger partial charge is 0.348 e. The fourth-order valence-electron chi connectivity index (χ4n) is 1.63. The first-order valence-electron chi connectivity index (χ1n) is 5.24. The minimum absolute atomic E-state index is 0.148. The highest BCUT2D eigenvalue weighted by molar-refractivity contribution is 7.12. The number of aromatic carboxylic acids is 1. The molecule has 2 heterocycles. The average molecular weight is 264 g/mol. The van der Waals surface area contributed by atoms with Crippen LogP contribution in [0.15, 0.2) is 23.7 Å². The van der Waals surface area contributed by atoms with Crippen LogP contribution >= 0.6 is 11.3 Å². The number of carbonyl (C=O) groups excluding carboxylic acids is 1. The fraction of sp³-hybridized carbons (Fsp3) is 0.167. The van der Waals surface area contributed by atoms with Crippen molar-refractivity contribution in [3.63, 3.8) is 0 Å². The van der Waals surface area contributed by atoms with Crippen LogP contribution < -0.4 is 5.32 Å². The summed E-state index contributed by atoms with van der Waals surface area (Å²) in [5, 5.41) is 13.4. The number of aromatic nitrogens is 1. The number of thiophene rings is 1. The number of carbonyl (C=O) groups is 2. The van der Waals surface area contributed by atoms with E-state index in [1.807, 2.05) is 0 Å². The molecule has 6 heteroatoms. The Morgan fingerprint density at radius 1 is 1.44 bits per heavy atom. The van der Waals surface area contributed by atoms with Gasteiger partial charge in [0.1, 0.15) is 10.6 Å². The lowest BCUT2D eigenvalue weighted by Crippen LogP contribution is -2.17. The van der Waals surface area contributed by atoms with Gasteiger partial charge < -0.3 is 15.0 Å². The predicted molar refractivity (Wildman–Crippen MR) is 69.4 cm³/mol. The molecule has 0 aliphatic rings. The summed E-state index contributed by atoms with van der Waals surface area (Å²) in [6.07, 6.45) is 1.76. The second-order valence-electron chi connectivity index (χ2n) is 3.89. The standard InChI is InChI=1S/C12H12N2O3S/c1-7-6-18-10(12(16)17)9(7)13-11(15)8-4-3-5-14(8)2/h3-6H,1-2H3,(H,13,15)(H,16,17). The third-order valence-corrected chi connectivity index (χ3v) is 3.67. The number of nitrogens with one attached hydrogen (secondary N) is 1. The number of carboxylic acid groups (broad SMARTS) is 1. The number of carboxylic acids is 1. The number of hydrogen-bond acceptors (Lipinski definition) is 3. The largest absolute Gasteiger partial charge is 0.477 e. The Morgan fingerprint density at radius 2 is 2.17 bits per heavy atom. The van der Waals surface area contributed by atoms with Crippen LogP contribution in [-0.4, -0.2) is 21.6 Å². The molecule has 94 valence electrons. The van der Waals surface area contributed by atoms with Gasteiger partial charge in [-0.1, -0.05) is 0 Å². The first-order chi connectivity index (χ1) is 8.50. The number of hydrogen-bond donors (Lipinski definition) is 2. The zero-order valence-electron chi connectivity index (χ0n) is 9.93. The average Bonchev–Trinajstić information content (AvgIpc) is 2.86. The quantitative estimate of drug-likeness (QED) is 0.893. The lowest BCUT2D eigenvalue weighted by Gasteiger charge is -2.07. The molecule has 2 aromatic rings. The molecular formula is C12H12N2O3S. The van der Waals surface area contributed by atoms with E-state index < -0.39 is 5.97 Å². The second-order valence-corrected chi connectivity index (χ2v) is 4.77. The van der Waals surface area contributed by atoms with E-state index in [2.05, 4.69) is 5.32 Å². The molecule has 0 saturated heterocycles. The predicted octanol–water partition coefficient (Wildman–Crippen LogP) is 2.35.